The molecule has 0 bridgehead atoms. The number of piperidine rings is 1. The van der Waals surface area contributed by atoms with Crippen LogP contribution in [0.1, 0.15) is 18.9 Å². The summed E-state index contributed by atoms with van der Waals surface area (Å²) in [6.45, 7) is 2.34. The van der Waals surface area contributed by atoms with E-state index in [2.05, 4.69) is 39.0 Å². The Morgan fingerprint density at radius 1 is 1.35 bits per heavy atom. The first-order valence-electron chi connectivity index (χ1n) is 6.19. The lowest BCUT2D eigenvalue weighted by atomic mass is 10.1. The fourth-order valence-corrected chi connectivity index (χ4v) is 2.45. The average molecular weight is 230 g/mol. The first-order valence-corrected chi connectivity index (χ1v) is 6.19. The molecule has 0 aliphatic carbocycles. The standard InChI is InChI=1S/C13H18N4/c1-16-7-4-12(5-8-16)17-10-11(9-15-17)13-3-2-6-14-13/h2-3,6,9-10,12,14H,4-5,7-8H2,1H3. The van der Waals surface area contributed by atoms with Crippen molar-refractivity contribution in [3.8, 4) is 11.3 Å². The molecule has 90 valence electrons. The van der Waals surface area contributed by atoms with Crippen molar-refractivity contribution in [2.24, 2.45) is 0 Å². The van der Waals surface area contributed by atoms with Gasteiger partial charge in [0.05, 0.1) is 12.2 Å². The van der Waals surface area contributed by atoms with Gasteiger partial charge in [0.25, 0.3) is 0 Å². The molecule has 0 aromatic carbocycles. The smallest absolute Gasteiger partial charge is 0.0583 e. The van der Waals surface area contributed by atoms with Gasteiger partial charge in [-0.2, -0.15) is 5.10 Å². The topological polar surface area (TPSA) is 36.9 Å². The van der Waals surface area contributed by atoms with Crippen molar-refractivity contribution in [1.82, 2.24) is 19.7 Å². The summed E-state index contributed by atoms with van der Waals surface area (Å²) in [6, 6.07) is 4.66. The third-order valence-corrected chi connectivity index (χ3v) is 3.57. The summed E-state index contributed by atoms with van der Waals surface area (Å²) in [5.41, 5.74) is 2.32. The van der Waals surface area contributed by atoms with E-state index in [0.29, 0.717) is 6.04 Å². The van der Waals surface area contributed by atoms with Crippen LogP contribution >= 0.6 is 0 Å². The zero-order valence-electron chi connectivity index (χ0n) is 10.1. The summed E-state index contributed by atoms with van der Waals surface area (Å²) >= 11 is 0. The Hall–Kier alpha value is -1.55. The van der Waals surface area contributed by atoms with Gasteiger partial charge in [-0.1, -0.05) is 0 Å². The van der Waals surface area contributed by atoms with Crippen LogP contribution in [0, 0.1) is 0 Å². The summed E-state index contributed by atoms with van der Waals surface area (Å²) in [6.07, 6.45) is 8.44. The first-order chi connectivity index (χ1) is 8.33. The Morgan fingerprint density at radius 2 is 2.18 bits per heavy atom. The number of hydrogen-bond acceptors (Lipinski definition) is 2. The Balaban J connectivity index is 1.76. The molecule has 0 unspecified atom stereocenters. The van der Waals surface area contributed by atoms with Gasteiger partial charge in [0, 0.05) is 23.7 Å². The Labute approximate surface area is 101 Å². The van der Waals surface area contributed by atoms with E-state index >= 15 is 0 Å². The number of likely N-dealkylation sites (tertiary alicyclic amines) is 1. The number of hydrogen-bond donors (Lipinski definition) is 1. The highest BCUT2D eigenvalue weighted by Gasteiger charge is 2.18. The van der Waals surface area contributed by atoms with Crippen molar-refractivity contribution in [1.29, 1.82) is 0 Å². The van der Waals surface area contributed by atoms with Gasteiger partial charge in [0.15, 0.2) is 0 Å². The third-order valence-electron chi connectivity index (χ3n) is 3.57. The van der Waals surface area contributed by atoms with E-state index in [1.807, 2.05) is 18.5 Å². The maximum Gasteiger partial charge on any atom is 0.0583 e. The van der Waals surface area contributed by atoms with Gasteiger partial charge >= 0.3 is 0 Å². The van der Waals surface area contributed by atoms with Gasteiger partial charge in [-0.15, -0.1) is 0 Å². The highest BCUT2D eigenvalue weighted by molar-refractivity contribution is 5.56. The summed E-state index contributed by atoms with van der Waals surface area (Å²) < 4.78 is 2.13. The zero-order chi connectivity index (χ0) is 11.7. The average Bonchev–Trinajstić information content (AvgIpc) is 3.00. The normalized spacial score (nSPS) is 18.6. The van der Waals surface area contributed by atoms with Crippen molar-refractivity contribution in [2.45, 2.75) is 18.9 Å². The Morgan fingerprint density at radius 3 is 2.88 bits per heavy atom. The lowest BCUT2D eigenvalue weighted by molar-refractivity contribution is 0.212. The number of nitrogens with zero attached hydrogens (tertiary/aromatic N) is 3. The molecule has 2 aromatic rings. The van der Waals surface area contributed by atoms with Crippen molar-refractivity contribution in [3.63, 3.8) is 0 Å². The highest BCUT2D eigenvalue weighted by atomic mass is 15.3. The minimum atomic E-state index is 0.565. The lowest BCUT2D eigenvalue weighted by Gasteiger charge is -2.28. The molecule has 1 saturated heterocycles. The summed E-state index contributed by atoms with van der Waals surface area (Å²) in [4.78, 5) is 5.60. The van der Waals surface area contributed by atoms with Crippen LogP contribution in [0.25, 0.3) is 11.3 Å². The lowest BCUT2D eigenvalue weighted by Crippen LogP contribution is -2.31. The molecular weight excluding hydrogens is 212 g/mol. The van der Waals surface area contributed by atoms with Crippen LogP contribution in [0.15, 0.2) is 30.7 Å². The number of rotatable bonds is 2. The van der Waals surface area contributed by atoms with Crippen molar-refractivity contribution in [3.05, 3.63) is 30.7 Å². The summed E-state index contributed by atoms with van der Waals surface area (Å²) in [7, 11) is 2.18. The van der Waals surface area contributed by atoms with E-state index in [-0.39, 0.29) is 0 Å². The van der Waals surface area contributed by atoms with Gasteiger partial charge in [0.2, 0.25) is 0 Å². The molecule has 0 spiro atoms. The van der Waals surface area contributed by atoms with Gasteiger partial charge in [-0.05, 0) is 45.1 Å². The van der Waals surface area contributed by atoms with E-state index < -0.39 is 0 Å². The maximum absolute atomic E-state index is 4.50. The molecule has 0 saturated carbocycles. The summed E-state index contributed by atoms with van der Waals surface area (Å²) in [5.74, 6) is 0. The molecule has 2 aromatic heterocycles. The fourth-order valence-electron chi connectivity index (χ4n) is 2.45. The van der Waals surface area contributed by atoms with Gasteiger partial charge < -0.3 is 9.88 Å². The van der Waals surface area contributed by atoms with Crippen LogP contribution in [-0.4, -0.2) is 39.8 Å². The molecule has 4 nitrogen and oxygen atoms in total. The van der Waals surface area contributed by atoms with E-state index in [4.69, 9.17) is 0 Å². The largest absolute Gasteiger partial charge is 0.361 e. The van der Waals surface area contributed by atoms with E-state index in [1.54, 1.807) is 0 Å². The molecule has 1 N–H and O–H groups in total. The molecule has 0 atom stereocenters. The van der Waals surface area contributed by atoms with Crippen LogP contribution in [0.5, 0.6) is 0 Å². The first kappa shape index (κ1) is 10.6. The number of aromatic amines is 1. The van der Waals surface area contributed by atoms with Gasteiger partial charge in [-0.3, -0.25) is 4.68 Å². The van der Waals surface area contributed by atoms with Crippen molar-refractivity contribution in [2.75, 3.05) is 20.1 Å². The molecule has 0 radical (unpaired) electrons. The maximum atomic E-state index is 4.50. The van der Waals surface area contributed by atoms with Crippen molar-refractivity contribution < 1.29 is 0 Å². The van der Waals surface area contributed by atoms with Crippen LogP contribution in [-0.2, 0) is 0 Å². The second kappa shape index (κ2) is 4.37. The van der Waals surface area contributed by atoms with Crippen LogP contribution in [0.3, 0.4) is 0 Å². The van der Waals surface area contributed by atoms with Gasteiger partial charge in [-0.25, -0.2) is 0 Å². The predicted molar refractivity (Wildman–Crippen MR) is 67.8 cm³/mol. The molecule has 1 aliphatic heterocycles. The molecule has 1 aliphatic rings. The van der Waals surface area contributed by atoms with E-state index in [9.17, 15) is 0 Å². The zero-order valence-corrected chi connectivity index (χ0v) is 10.1. The molecule has 1 fully saturated rings. The summed E-state index contributed by atoms with van der Waals surface area (Å²) in [5, 5.41) is 4.50. The van der Waals surface area contributed by atoms with Crippen LogP contribution < -0.4 is 0 Å². The fraction of sp³-hybridized carbons (Fsp3) is 0.462. The minimum absolute atomic E-state index is 0.565. The molecule has 4 heteroatoms. The molecule has 17 heavy (non-hydrogen) atoms. The molecule has 3 rings (SSSR count). The molecule has 3 heterocycles. The van der Waals surface area contributed by atoms with Crippen molar-refractivity contribution >= 4 is 0 Å². The van der Waals surface area contributed by atoms with E-state index in [1.165, 1.54) is 31.5 Å². The predicted octanol–water partition coefficient (Wildman–Crippen LogP) is 2.14. The second-order valence-electron chi connectivity index (χ2n) is 4.83. The van der Waals surface area contributed by atoms with Crippen LogP contribution in [0.2, 0.25) is 0 Å². The Bertz CT molecular complexity index is 463. The quantitative estimate of drug-likeness (QED) is 0.858. The van der Waals surface area contributed by atoms with E-state index in [0.717, 1.165) is 5.69 Å². The minimum Gasteiger partial charge on any atom is -0.361 e. The Kier molecular flexibility index (Phi) is 2.73. The SMILES string of the molecule is CN1CCC(n2cc(-c3ccc[nH]3)cn2)CC1. The highest BCUT2D eigenvalue weighted by Crippen LogP contribution is 2.23. The van der Waals surface area contributed by atoms with Crippen LogP contribution in [0.4, 0.5) is 0 Å². The van der Waals surface area contributed by atoms with Gasteiger partial charge in [0.1, 0.15) is 0 Å². The molecule has 0 amide bonds. The molecular formula is C13H18N4. The third kappa shape index (κ3) is 2.13. The monoisotopic (exact) mass is 230 g/mol. The second-order valence-corrected chi connectivity index (χ2v) is 4.83. The number of nitrogens with one attached hydrogen (secondary N) is 1. The number of aromatic nitrogens is 3. The number of H-pyrrole nitrogens is 1.